The highest BCUT2D eigenvalue weighted by atomic mass is 16.6. The van der Waals surface area contributed by atoms with Crippen molar-refractivity contribution in [2.24, 2.45) is 0 Å². The van der Waals surface area contributed by atoms with Crippen LogP contribution in [0.2, 0.25) is 0 Å². The minimum absolute atomic E-state index is 0.160. The van der Waals surface area contributed by atoms with E-state index in [9.17, 15) is 4.79 Å². The molecule has 0 aliphatic carbocycles. The molecule has 1 aliphatic heterocycles. The summed E-state index contributed by atoms with van der Waals surface area (Å²) in [5, 5.41) is 0. The molecule has 14 heavy (non-hydrogen) atoms. The van der Waals surface area contributed by atoms with Crippen LogP contribution in [0.25, 0.3) is 0 Å². The third-order valence-electron chi connectivity index (χ3n) is 2.04. The molecule has 0 aromatic carbocycles. The van der Waals surface area contributed by atoms with Crippen molar-refractivity contribution in [3.05, 3.63) is 12.2 Å². The maximum absolute atomic E-state index is 11.0. The Balaban J connectivity index is 1.94. The second kappa shape index (κ2) is 6.60. The van der Waals surface area contributed by atoms with Crippen LogP contribution in [0, 0.1) is 0 Å². The fraction of sp³-hybridized carbons (Fsp3) is 0.727. The summed E-state index contributed by atoms with van der Waals surface area (Å²) in [6.07, 6.45) is 8.08. The first kappa shape index (κ1) is 11.2. The summed E-state index contributed by atoms with van der Waals surface area (Å²) in [5.74, 6) is -0.253. The molecule has 0 saturated carbocycles. The van der Waals surface area contributed by atoms with Gasteiger partial charge in [0.2, 0.25) is 0 Å². The quantitative estimate of drug-likeness (QED) is 0.272. The number of hydrogen-bond acceptors (Lipinski definition) is 3. The number of rotatable bonds is 7. The van der Waals surface area contributed by atoms with Gasteiger partial charge in [0.05, 0.1) is 6.61 Å². The van der Waals surface area contributed by atoms with E-state index in [-0.39, 0.29) is 12.1 Å². The molecular formula is C11H18O3. The molecule has 0 N–H and O–H groups in total. The number of esters is 1. The van der Waals surface area contributed by atoms with E-state index in [1.165, 1.54) is 18.9 Å². The minimum atomic E-state index is -0.253. The molecule has 1 fully saturated rings. The van der Waals surface area contributed by atoms with Crippen molar-refractivity contribution < 1.29 is 14.3 Å². The Morgan fingerprint density at radius 1 is 1.57 bits per heavy atom. The normalized spacial score (nSPS) is 19.9. The van der Waals surface area contributed by atoms with E-state index in [0.29, 0.717) is 6.61 Å². The van der Waals surface area contributed by atoms with Crippen LogP contribution in [0.4, 0.5) is 0 Å². The summed E-state index contributed by atoms with van der Waals surface area (Å²) in [5.41, 5.74) is 0. The van der Waals surface area contributed by atoms with Crippen molar-refractivity contribution in [3.8, 4) is 0 Å². The van der Waals surface area contributed by atoms with Gasteiger partial charge in [-0.3, -0.25) is 0 Å². The molecule has 0 amide bonds. The Kier molecular flexibility index (Phi) is 5.30. The van der Waals surface area contributed by atoms with E-state index in [1.807, 2.05) is 6.08 Å². The second-order valence-corrected chi connectivity index (χ2v) is 3.48. The van der Waals surface area contributed by atoms with E-state index in [4.69, 9.17) is 9.47 Å². The topological polar surface area (TPSA) is 38.8 Å². The zero-order valence-electron chi connectivity index (χ0n) is 8.70. The van der Waals surface area contributed by atoms with Gasteiger partial charge in [0.1, 0.15) is 12.7 Å². The molecule has 0 spiro atoms. The summed E-state index contributed by atoms with van der Waals surface area (Å²) < 4.78 is 9.84. The lowest BCUT2D eigenvalue weighted by atomic mass is 10.2. The first-order valence-electron chi connectivity index (χ1n) is 5.28. The lowest BCUT2D eigenvalue weighted by molar-refractivity contribution is -0.138. The standard InChI is InChI=1S/C11H18O3/c1-2-3-4-5-6-7-11(12)14-9-10-8-13-10/h6-7,10H,2-5,8-9H2,1H3/b7-6+. The van der Waals surface area contributed by atoms with Gasteiger partial charge in [0.15, 0.2) is 0 Å². The molecular weight excluding hydrogens is 180 g/mol. The predicted molar refractivity (Wildman–Crippen MR) is 54.0 cm³/mol. The van der Waals surface area contributed by atoms with Crippen molar-refractivity contribution >= 4 is 5.97 Å². The van der Waals surface area contributed by atoms with Crippen LogP contribution in [0.3, 0.4) is 0 Å². The third-order valence-corrected chi connectivity index (χ3v) is 2.04. The number of carbonyl (C=O) groups excluding carboxylic acids is 1. The summed E-state index contributed by atoms with van der Waals surface area (Å²) >= 11 is 0. The summed E-state index contributed by atoms with van der Waals surface area (Å²) in [6, 6.07) is 0. The Labute approximate surface area is 85.1 Å². The molecule has 80 valence electrons. The van der Waals surface area contributed by atoms with Gasteiger partial charge in [0, 0.05) is 6.08 Å². The zero-order valence-corrected chi connectivity index (χ0v) is 8.70. The van der Waals surface area contributed by atoms with Crippen LogP contribution in [-0.2, 0) is 14.3 Å². The molecule has 1 aliphatic rings. The van der Waals surface area contributed by atoms with Gasteiger partial charge in [0.25, 0.3) is 0 Å². The summed E-state index contributed by atoms with van der Waals surface area (Å²) in [7, 11) is 0. The van der Waals surface area contributed by atoms with Crippen LogP contribution in [0.1, 0.15) is 32.6 Å². The van der Waals surface area contributed by atoms with Gasteiger partial charge in [-0.25, -0.2) is 4.79 Å². The maximum Gasteiger partial charge on any atom is 0.330 e. The average Bonchev–Trinajstić information content (AvgIpc) is 2.98. The van der Waals surface area contributed by atoms with E-state index < -0.39 is 0 Å². The Morgan fingerprint density at radius 2 is 2.36 bits per heavy atom. The SMILES string of the molecule is CCCCC/C=C/C(=O)OCC1CO1. The smallest absolute Gasteiger partial charge is 0.330 e. The maximum atomic E-state index is 11.0. The van der Waals surface area contributed by atoms with Crippen molar-refractivity contribution in [1.29, 1.82) is 0 Å². The largest absolute Gasteiger partial charge is 0.460 e. The third kappa shape index (κ3) is 5.75. The molecule has 1 atom stereocenters. The highest BCUT2D eigenvalue weighted by Gasteiger charge is 2.23. The van der Waals surface area contributed by atoms with Crippen molar-refractivity contribution in [2.75, 3.05) is 13.2 Å². The fourth-order valence-electron chi connectivity index (χ4n) is 1.08. The molecule has 1 unspecified atom stereocenters. The Bertz CT molecular complexity index is 195. The highest BCUT2D eigenvalue weighted by Crippen LogP contribution is 2.08. The van der Waals surface area contributed by atoms with Crippen molar-refractivity contribution in [2.45, 2.75) is 38.7 Å². The lowest BCUT2D eigenvalue weighted by Crippen LogP contribution is -2.06. The molecule has 1 saturated heterocycles. The van der Waals surface area contributed by atoms with Crippen LogP contribution < -0.4 is 0 Å². The first-order chi connectivity index (χ1) is 6.83. The van der Waals surface area contributed by atoms with Gasteiger partial charge in [-0.05, 0) is 12.8 Å². The number of epoxide rings is 1. The molecule has 1 heterocycles. The minimum Gasteiger partial charge on any atom is -0.460 e. The van der Waals surface area contributed by atoms with Crippen molar-refractivity contribution in [1.82, 2.24) is 0 Å². The second-order valence-electron chi connectivity index (χ2n) is 3.48. The molecule has 3 heteroatoms. The molecule has 0 radical (unpaired) electrons. The lowest BCUT2D eigenvalue weighted by Gasteiger charge is -1.97. The van der Waals surface area contributed by atoms with E-state index in [2.05, 4.69) is 6.92 Å². The summed E-state index contributed by atoms with van der Waals surface area (Å²) in [6.45, 7) is 3.29. The van der Waals surface area contributed by atoms with Crippen LogP contribution in [0.5, 0.6) is 0 Å². The predicted octanol–water partition coefficient (Wildman–Crippen LogP) is 2.06. The van der Waals surface area contributed by atoms with E-state index in [0.717, 1.165) is 19.4 Å². The first-order valence-corrected chi connectivity index (χ1v) is 5.28. The number of allylic oxidation sites excluding steroid dienone is 1. The molecule has 0 bridgehead atoms. The number of carbonyl (C=O) groups is 1. The Hall–Kier alpha value is -0.830. The molecule has 3 nitrogen and oxygen atoms in total. The highest BCUT2D eigenvalue weighted by molar-refractivity contribution is 5.81. The summed E-state index contributed by atoms with van der Waals surface area (Å²) in [4.78, 5) is 11.0. The van der Waals surface area contributed by atoms with E-state index in [1.54, 1.807) is 0 Å². The van der Waals surface area contributed by atoms with Gasteiger partial charge < -0.3 is 9.47 Å². The Morgan fingerprint density at radius 3 is 3.00 bits per heavy atom. The number of unbranched alkanes of at least 4 members (excludes halogenated alkanes) is 3. The van der Waals surface area contributed by atoms with Gasteiger partial charge >= 0.3 is 5.97 Å². The fourth-order valence-corrected chi connectivity index (χ4v) is 1.08. The van der Waals surface area contributed by atoms with Crippen molar-refractivity contribution in [3.63, 3.8) is 0 Å². The van der Waals surface area contributed by atoms with E-state index >= 15 is 0 Å². The van der Waals surface area contributed by atoms with Gasteiger partial charge in [-0.2, -0.15) is 0 Å². The zero-order chi connectivity index (χ0) is 10.2. The van der Waals surface area contributed by atoms with Crippen LogP contribution in [-0.4, -0.2) is 25.3 Å². The van der Waals surface area contributed by atoms with Crippen LogP contribution in [0.15, 0.2) is 12.2 Å². The average molecular weight is 198 g/mol. The van der Waals surface area contributed by atoms with Gasteiger partial charge in [-0.1, -0.05) is 25.8 Å². The molecule has 1 rings (SSSR count). The number of hydrogen-bond donors (Lipinski definition) is 0. The van der Waals surface area contributed by atoms with Gasteiger partial charge in [-0.15, -0.1) is 0 Å². The van der Waals surface area contributed by atoms with Crippen LogP contribution >= 0.6 is 0 Å². The monoisotopic (exact) mass is 198 g/mol. The number of ether oxygens (including phenoxy) is 2. The molecule has 0 aromatic heterocycles. The molecule has 0 aromatic rings.